The van der Waals surface area contributed by atoms with Crippen molar-refractivity contribution in [2.45, 2.75) is 31.3 Å². The van der Waals surface area contributed by atoms with Crippen molar-refractivity contribution in [2.24, 2.45) is 5.92 Å². The van der Waals surface area contributed by atoms with Gasteiger partial charge >= 0.3 is 0 Å². The Morgan fingerprint density at radius 2 is 2.20 bits per heavy atom. The number of aryl methyl sites for hydroxylation is 1. The number of nitrogens with one attached hydrogen (secondary N) is 1. The molecule has 0 unspecified atom stereocenters. The van der Waals surface area contributed by atoms with Crippen molar-refractivity contribution in [2.75, 3.05) is 6.61 Å². The summed E-state index contributed by atoms with van der Waals surface area (Å²) in [6.07, 6.45) is 1.03. The van der Waals surface area contributed by atoms with Crippen LogP contribution in [0, 0.1) is 12.8 Å². The van der Waals surface area contributed by atoms with E-state index >= 15 is 0 Å². The number of aliphatic hydroxyl groups is 2. The lowest BCUT2D eigenvalue weighted by Crippen LogP contribution is -2.35. The fourth-order valence-corrected chi connectivity index (χ4v) is 2.97. The number of H-pyrrole nitrogens is 1. The highest BCUT2D eigenvalue weighted by Crippen LogP contribution is 2.50. The van der Waals surface area contributed by atoms with Crippen molar-refractivity contribution in [3.63, 3.8) is 0 Å². The second-order valence-electron chi connectivity index (χ2n) is 5.28. The van der Waals surface area contributed by atoms with E-state index in [0.717, 1.165) is 0 Å². The highest BCUT2D eigenvalue weighted by Gasteiger charge is 2.57. The summed E-state index contributed by atoms with van der Waals surface area (Å²) < 4.78 is 28.4. The predicted octanol–water partition coefficient (Wildman–Crippen LogP) is 1.36. The van der Waals surface area contributed by atoms with Crippen LogP contribution >= 0.6 is 0 Å². The van der Waals surface area contributed by atoms with Gasteiger partial charge in [-0.3, -0.25) is 0 Å². The van der Waals surface area contributed by atoms with Crippen LogP contribution in [0.15, 0.2) is 12.5 Å². The second kappa shape index (κ2) is 4.46. The molecule has 1 saturated carbocycles. The van der Waals surface area contributed by atoms with Crippen LogP contribution in [0.2, 0.25) is 0 Å². The van der Waals surface area contributed by atoms with Gasteiger partial charge in [0.05, 0.1) is 22.6 Å². The smallest absolute Gasteiger partial charge is 0.280 e. The zero-order valence-corrected chi connectivity index (χ0v) is 10.8. The summed E-state index contributed by atoms with van der Waals surface area (Å²) in [7, 11) is 0. The number of alkyl halides is 2. The maximum absolute atomic E-state index is 14.2. The van der Waals surface area contributed by atoms with Gasteiger partial charge in [-0.15, -0.1) is 0 Å². The number of rotatable bonds is 2. The second-order valence-corrected chi connectivity index (χ2v) is 5.28. The van der Waals surface area contributed by atoms with E-state index in [1.54, 1.807) is 6.92 Å². The molecular formula is C13H15F2N3O2. The normalized spacial score (nSPS) is 29.1. The Hall–Kier alpha value is -1.60. The fraction of sp³-hybridized carbons (Fsp3) is 0.538. The number of aromatic nitrogens is 3. The van der Waals surface area contributed by atoms with Crippen LogP contribution in [0.4, 0.5) is 8.78 Å². The predicted molar refractivity (Wildman–Crippen MR) is 67.5 cm³/mol. The summed E-state index contributed by atoms with van der Waals surface area (Å²) in [6, 6.07) is 0. The fourth-order valence-electron chi connectivity index (χ4n) is 2.97. The Morgan fingerprint density at radius 1 is 1.45 bits per heavy atom. The zero-order valence-electron chi connectivity index (χ0n) is 10.8. The van der Waals surface area contributed by atoms with Crippen LogP contribution in [0.3, 0.4) is 0 Å². The van der Waals surface area contributed by atoms with Crippen molar-refractivity contribution in [1.29, 1.82) is 0 Å². The van der Waals surface area contributed by atoms with E-state index < -0.39 is 30.5 Å². The molecule has 2 aromatic rings. The first-order valence-corrected chi connectivity index (χ1v) is 6.42. The third kappa shape index (κ3) is 1.73. The molecule has 1 aliphatic rings. The quantitative estimate of drug-likeness (QED) is 0.777. The Morgan fingerprint density at radius 3 is 2.85 bits per heavy atom. The number of nitrogens with zero attached hydrogens (tertiary/aromatic N) is 2. The molecule has 0 aliphatic heterocycles. The summed E-state index contributed by atoms with van der Waals surface area (Å²) in [5, 5.41) is 18.8. The number of fused-ring (bicyclic) bond motifs is 1. The van der Waals surface area contributed by atoms with Gasteiger partial charge in [0.25, 0.3) is 5.92 Å². The molecule has 0 spiro atoms. The van der Waals surface area contributed by atoms with Crippen LogP contribution in [-0.2, 0) is 0 Å². The lowest BCUT2D eigenvalue weighted by molar-refractivity contribution is -0.112. The molecule has 5 nitrogen and oxygen atoms in total. The number of halogens is 2. The van der Waals surface area contributed by atoms with Crippen molar-refractivity contribution in [3.05, 3.63) is 23.8 Å². The van der Waals surface area contributed by atoms with Gasteiger partial charge in [-0.1, -0.05) is 0 Å². The topological polar surface area (TPSA) is 82.0 Å². The van der Waals surface area contributed by atoms with E-state index in [9.17, 15) is 13.9 Å². The minimum absolute atomic E-state index is 0.0284. The van der Waals surface area contributed by atoms with Crippen LogP contribution in [0.1, 0.15) is 23.6 Å². The van der Waals surface area contributed by atoms with Crippen LogP contribution in [-0.4, -0.2) is 43.8 Å². The Bertz CT molecular complexity index is 644. The number of aromatic amines is 1. The molecule has 20 heavy (non-hydrogen) atoms. The van der Waals surface area contributed by atoms with E-state index in [0.29, 0.717) is 22.3 Å². The molecule has 0 amide bonds. The maximum atomic E-state index is 14.2. The van der Waals surface area contributed by atoms with Gasteiger partial charge in [0, 0.05) is 24.3 Å². The number of aliphatic hydroxyl groups excluding tert-OH is 2. The Balaban J connectivity index is 2.10. The van der Waals surface area contributed by atoms with E-state index in [1.807, 2.05) is 0 Å². The SMILES string of the molecule is Cc1ncnc2c([C@@H]3C[C@H](CO)[C@@H](O)C3(F)F)c[nH]c12. The molecule has 7 heteroatoms. The van der Waals surface area contributed by atoms with Crippen molar-refractivity contribution >= 4 is 11.0 Å². The molecule has 0 saturated heterocycles. The van der Waals surface area contributed by atoms with E-state index in [2.05, 4.69) is 15.0 Å². The highest BCUT2D eigenvalue weighted by molar-refractivity contribution is 5.81. The largest absolute Gasteiger partial charge is 0.396 e. The molecule has 3 N–H and O–H groups in total. The number of hydrogen-bond donors (Lipinski definition) is 3. The van der Waals surface area contributed by atoms with Gasteiger partial charge in [-0.25, -0.2) is 18.7 Å². The summed E-state index contributed by atoms with van der Waals surface area (Å²) in [4.78, 5) is 11.0. The first-order chi connectivity index (χ1) is 9.46. The first kappa shape index (κ1) is 13.4. The van der Waals surface area contributed by atoms with Crippen LogP contribution < -0.4 is 0 Å². The third-order valence-electron chi connectivity index (χ3n) is 4.14. The minimum atomic E-state index is -3.28. The van der Waals surface area contributed by atoms with Crippen molar-refractivity contribution in [1.82, 2.24) is 15.0 Å². The molecule has 2 aromatic heterocycles. The average molecular weight is 283 g/mol. The standard InChI is InChI=1S/C13H15F2N3O2/c1-6-10-11(18-5-17-6)8(3-16-10)9-2-7(4-19)12(20)13(9,14)15/h3,5,7,9,12,16,19-20H,2,4H2,1H3/t7-,9+,12-/m1/s1. The summed E-state index contributed by atoms with van der Waals surface area (Å²) >= 11 is 0. The van der Waals surface area contributed by atoms with Gasteiger partial charge in [0.15, 0.2) is 0 Å². The van der Waals surface area contributed by atoms with Crippen LogP contribution in [0.5, 0.6) is 0 Å². The molecule has 2 heterocycles. The molecule has 0 aromatic carbocycles. The van der Waals surface area contributed by atoms with Gasteiger partial charge in [0.2, 0.25) is 0 Å². The van der Waals surface area contributed by atoms with E-state index in [4.69, 9.17) is 5.11 Å². The van der Waals surface area contributed by atoms with Gasteiger partial charge in [-0.05, 0) is 13.3 Å². The van der Waals surface area contributed by atoms with Gasteiger partial charge in [0.1, 0.15) is 12.4 Å². The van der Waals surface area contributed by atoms with Gasteiger partial charge in [-0.2, -0.15) is 0 Å². The van der Waals surface area contributed by atoms with Crippen molar-refractivity contribution in [3.8, 4) is 0 Å². The molecule has 0 radical (unpaired) electrons. The molecule has 108 valence electrons. The minimum Gasteiger partial charge on any atom is -0.396 e. The first-order valence-electron chi connectivity index (χ1n) is 6.42. The molecule has 0 bridgehead atoms. The van der Waals surface area contributed by atoms with Gasteiger partial charge < -0.3 is 15.2 Å². The zero-order chi connectivity index (χ0) is 14.5. The lowest BCUT2D eigenvalue weighted by Gasteiger charge is -2.21. The lowest BCUT2D eigenvalue weighted by atomic mass is 9.95. The third-order valence-corrected chi connectivity index (χ3v) is 4.14. The average Bonchev–Trinajstić information content (AvgIpc) is 2.92. The maximum Gasteiger partial charge on any atom is 0.280 e. The molecule has 3 rings (SSSR count). The molecule has 1 fully saturated rings. The van der Waals surface area contributed by atoms with Crippen molar-refractivity contribution < 1.29 is 19.0 Å². The Kier molecular flexibility index (Phi) is 2.98. The summed E-state index contributed by atoms with van der Waals surface area (Å²) in [5.74, 6) is -5.25. The van der Waals surface area contributed by atoms with Crippen LogP contribution in [0.25, 0.3) is 11.0 Å². The van der Waals surface area contributed by atoms with E-state index in [1.165, 1.54) is 12.5 Å². The highest BCUT2D eigenvalue weighted by atomic mass is 19.3. The molecule has 3 atom stereocenters. The summed E-state index contributed by atoms with van der Waals surface area (Å²) in [6.45, 7) is 1.31. The summed E-state index contributed by atoms with van der Waals surface area (Å²) in [5.41, 5.74) is 2.13. The monoisotopic (exact) mass is 283 g/mol. The molecule has 1 aliphatic carbocycles. The number of hydrogen-bond acceptors (Lipinski definition) is 4. The Labute approximate surface area is 113 Å². The molecular weight excluding hydrogens is 268 g/mol. The van der Waals surface area contributed by atoms with E-state index in [-0.39, 0.29) is 6.42 Å².